The maximum absolute atomic E-state index is 12.7. The molecular weight excluding hydrogens is 248 g/mol. The van der Waals surface area contributed by atoms with E-state index in [0.717, 1.165) is 12.1 Å². The predicted octanol–water partition coefficient (Wildman–Crippen LogP) is 2.40. The normalized spacial score (nSPS) is 9.46. The van der Waals surface area contributed by atoms with Gasteiger partial charge in [-0.2, -0.15) is 9.38 Å². The number of nitrogens with zero attached hydrogens (tertiary/aromatic N) is 1. The van der Waals surface area contributed by atoms with Crippen LogP contribution in [-0.2, 0) is 4.79 Å². The summed E-state index contributed by atoms with van der Waals surface area (Å²) < 4.78 is 25.2. The van der Waals surface area contributed by atoms with Crippen molar-refractivity contribution in [2.75, 3.05) is 0 Å². The lowest BCUT2D eigenvalue weighted by molar-refractivity contribution is 0.407. The maximum Gasteiger partial charge on any atom is 0.240 e. The number of phenols is 1. The summed E-state index contributed by atoms with van der Waals surface area (Å²) >= 11 is 2.69. The van der Waals surface area contributed by atoms with Crippen LogP contribution in [0.5, 0.6) is 5.75 Å². The molecule has 0 aromatic heterocycles. The average Bonchev–Trinajstić information content (AvgIpc) is 2.11. The number of carbonyl (C=O) groups excluding carboxylic acids is 1. The Morgan fingerprint density at radius 1 is 1.46 bits per heavy atom. The Balaban J connectivity index is 3.49. The minimum absolute atomic E-state index is 0.225. The Hall–Kier alpha value is -1.26. The van der Waals surface area contributed by atoms with Gasteiger partial charge in [0.05, 0.1) is 4.47 Å². The first-order valence-electron chi connectivity index (χ1n) is 3.02. The number of rotatable bonds is 1. The average molecular weight is 250 g/mol. The van der Waals surface area contributed by atoms with Crippen LogP contribution in [0.3, 0.4) is 0 Å². The monoisotopic (exact) mass is 249 g/mol. The van der Waals surface area contributed by atoms with E-state index in [9.17, 15) is 13.6 Å². The van der Waals surface area contributed by atoms with Gasteiger partial charge in [0.25, 0.3) is 0 Å². The molecule has 0 saturated heterocycles. The summed E-state index contributed by atoms with van der Waals surface area (Å²) in [5.41, 5.74) is -0.374. The van der Waals surface area contributed by atoms with Crippen molar-refractivity contribution in [3.8, 4) is 5.75 Å². The van der Waals surface area contributed by atoms with Crippen LogP contribution < -0.4 is 0 Å². The molecule has 0 amide bonds. The van der Waals surface area contributed by atoms with Crippen molar-refractivity contribution in [1.82, 2.24) is 0 Å². The number of hydrogen-bond donors (Lipinski definition) is 1. The van der Waals surface area contributed by atoms with Gasteiger partial charge in [-0.05, 0) is 22.0 Å². The van der Waals surface area contributed by atoms with E-state index in [1.165, 1.54) is 0 Å². The van der Waals surface area contributed by atoms with Crippen LogP contribution >= 0.6 is 15.9 Å². The molecule has 13 heavy (non-hydrogen) atoms. The van der Waals surface area contributed by atoms with Crippen LogP contribution in [0.2, 0.25) is 0 Å². The van der Waals surface area contributed by atoms with Crippen molar-refractivity contribution in [3.63, 3.8) is 0 Å². The zero-order valence-electron chi connectivity index (χ0n) is 6.01. The van der Waals surface area contributed by atoms with Crippen LogP contribution in [0.4, 0.5) is 14.5 Å². The topological polar surface area (TPSA) is 49.7 Å². The van der Waals surface area contributed by atoms with Crippen molar-refractivity contribution in [2.45, 2.75) is 0 Å². The highest BCUT2D eigenvalue weighted by atomic mass is 79.9. The molecule has 0 unspecified atom stereocenters. The molecule has 0 bridgehead atoms. The lowest BCUT2D eigenvalue weighted by atomic mass is 10.3. The standard InChI is InChI=1S/C7H2BrF2NO2/c8-3-1-4(11-2-12)7(13)6(10)5(3)9/h1,13H. The fourth-order valence-electron chi connectivity index (χ4n) is 0.707. The molecule has 0 spiro atoms. The highest BCUT2D eigenvalue weighted by molar-refractivity contribution is 9.10. The third kappa shape index (κ3) is 1.74. The van der Waals surface area contributed by atoms with Gasteiger partial charge in [0.1, 0.15) is 5.69 Å². The second-order valence-electron chi connectivity index (χ2n) is 2.06. The van der Waals surface area contributed by atoms with E-state index >= 15 is 0 Å². The van der Waals surface area contributed by atoms with Gasteiger partial charge in [0.2, 0.25) is 11.9 Å². The predicted molar refractivity (Wildman–Crippen MR) is 43.5 cm³/mol. The zero-order chi connectivity index (χ0) is 10.0. The van der Waals surface area contributed by atoms with Crippen LogP contribution in [-0.4, -0.2) is 11.2 Å². The molecule has 0 saturated carbocycles. The second kappa shape index (κ2) is 3.64. The molecule has 1 rings (SSSR count). The summed E-state index contributed by atoms with van der Waals surface area (Å²) in [7, 11) is 0. The van der Waals surface area contributed by atoms with E-state index < -0.39 is 17.4 Å². The van der Waals surface area contributed by atoms with Crippen LogP contribution in [0.1, 0.15) is 0 Å². The van der Waals surface area contributed by atoms with Crippen molar-refractivity contribution in [2.24, 2.45) is 4.99 Å². The molecule has 0 fully saturated rings. The Morgan fingerprint density at radius 2 is 2.08 bits per heavy atom. The van der Waals surface area contributed by atoms with Crippen molar-refractivity contribution in [1.29, 1.82) is 0 Å². The van der Waals surface area contributed by atoms with Gasteiger partial charge in [-0.1, -0.05) is 0 Å². The van der Waals surface area contributed by atoms with E-state index in [1.54, 1.807) is 0 Å². The maximum atomic E-state index is 12.7. The number of aliphatic imine (C=N–C) groups is 1. The lowest BCUT2D eigenvalue weighted by Crippen LogP contribution is -1.86. The molecule has 0 radical (unpaired) electrons. The van der Waals surface area contributed by atoms with Crippen LogP contribution in [0.25, 0.3) is 0 Å². The number of aromatic hydroxyl groups is 1. The second-order valence-corrected chi connectivity index (χ2v) is 2.91. The van der Waals surface area contributed by atoms with Gasteiger partial charge >= 0.3 is 0 Å². The lowest BCUT2D eigenvalue weighted by Gasteiger charge is -2.01. The summed E-state index contributed by atoms with van der Waals surface area (Å²) in [5, 5.41) is 8.93. The third-order valence-corrected chi connectivity index (χ3v) is 1.86. The summed E-state index contributed by atoms with van der Waals surface area (Å²) in [6, 6.07) is 0.971. The van der Waals surface area contributed by atoms with Gasteiger partial charge in [-0.25, -0.2) is 9.18 Å². The Labute approximate surface area is 79.8 Å². The van der Waals surface area contributed by atoms with E-state index in [4.69, 9.17) is 5.11 Å². The Kier molecular flexibility index (Phi) is 2.75. The third-order valence-electron chi connectivity index (χ3n) is 1.28. The number of benzene rings is 1. The van der Waals surface area contributed by atoms with Gasteiger partial charge in [-0.15, -0.1) is 0 Å². The van der Waals surface area contributed by atoms with E-state index in [0.29, 0.717) is 0 Å². The van der Waals surface area contributed by atoms with Gasteiger partial charge < -0.3 is 5.11 Å². The fraction of sp³-hybridized carbons (Fsp3) is 0. The van der Waals surface area contributed by atoms with Crippen LogP contribution in [0, 0.1) is 11.6 Å². The summed E-state index contributed by atoms with van der Waals surface area (Å²) in [5.74, 6) is -3.70. The number of hydrogen-bond acceptors (Lipinski definition) is 3. The highest BCUT2D eigenvalue weighted by Crippen LogP contribution is 2.34. The Morgan fingerprint density at radius 3 is 2.62 bits per heavy atom. The smallest absolute Gasteiger partial charge is 0.240 e. The SMILES string of the molecule is O=C=Nc1cc(Br)c(F)c(F)c1O. The van der Waals surface area contributed by atoms with Crippen LogP contribution in [0.15, 0.2) is 15.5 Å². The molecule has 0 atom stereocenters. The van der Waals surface area contributed by atoms with Gasteiger partial charge in [-0.3, -0.25) is 0 Å². The summed E-state index contributed by atoms with van der Waals surface area (Å²) in [6.45, 7) is 0. The largest absolute Gasteiger partial charge is 0.503 e. The molecular formula is C7H2BrF2NO2. The van der Waals surface area contributed by atoms with E-state index in [1.807, 2.05) is 0 Å². The zero-order valence-corrected chi connectivity index (χ0v) is 7.60. The molecule has 0 aliphatic carbocycles. The molecule has 3 nitrogen and oxygen atoms in total. The summed E-state index contributed by atoms with van der Waals surface area (Å²) in [6.07, 6.45) is 1.10. The minimum atomic E-state index is -1.46. The van der Waals surface area contributed by atoms with Gasteiger partial charge in [0, 0.05) is 0 Å². The van der Waals surface area contributed by atoms with E-state index in [-0.39, 0.29) is 10.2 Å². The molecule has 0 aliphatic heterocycles. The molecule has 1 aromatic carbocycles. The number of isocyanates is 1. The molecule has 6 heteroatoms. The number of halogens is 3. The first-order valence-corrected chi connectivity index (χ1v) is 3.81. The quantitative estimate of drug-likeness (QED) is 0.472. The van der Waals surface area contributed by atoms with Gasteiger partial charge in [0.15, 0.2) is 11.6 Å². The first-order chi connectivity index (χ1) is 6.07. The highest BCUT2D eigenvalue weighted by Gasteiger charge is 2.16. The summed E-state index contributed by atoms with van der Waals surface area (Å²) in [4.78, 5) is 12.8. The fourth-order valence-corrected chi connectivity index (χ4v) is 1.10. The first kappa shape index (κ1) is 9.83. The molecule has 1 N–H and O–H groups in total. The number of phenolic OH excluding ortho intramolecular Hbond substituents is 1. The molecule has 1 aromatic rings. The van der Waals surface area contributed by atoms with Crippen molar-refractivity contribution in [3.05, 3.63) is 22.2 Å². The Bertz CT molecular complexity index is 402. The molecule has 68 valence electrons. The molecule has 0 aliphatic rings. The minimum Gasteiger partial charge on any atom is -0.503 e. The molecule has 0 heterocycles. The van der Waals surface area contributed by atoms with Crippen molar-refractivity contribution >= 4 is 27.7 Å². The van der Waals surface area contributed by atoms with Crippen molar-refractivity contribution < 1.29 is 18.7 Å². The van der Waals surface area contributed by atoms with E-state index in [2.05, 4.69) is 20.9 Å².